The van der Waals surface area contributed by atoms with Gasteiger partial charge in [0.2, 0.25) is 5.91 Å². The Hall–Kier alpha value is -2.15. The van der Waals surface area contributed by atoms with Crippen LogP contribution >= 0.6 is 15.9 Å². The number of benzene rings is 1. The first-order chi connectivity index (χ1) is 14.7. The van der Waals surface area contributed by atoms with Gasteiger partial charge in [-0.1, -0.05) is 54.0 Å². The highest BCUT2D eigenvalue weighted by molar-refractivity contribution is 9.10. The standard InChI is InChI=1S/C24H31BrN4O2/c1-14(2)22(21-11-16(4)27-31-21)23(30)29-13-15(3)10-20(29)19-12-24(5,28-26-19)17-6-8-18(25)9-7-17/h6-9,11,14-15,20,22,28H,10,12-13H2,1-5H3/t15-,20+,22?,24?/m1/s1. The van der Waals surface area contributed by atoms with Gasteiger partial charge in [-0.3, -0.25) is 10.2 Å². The van der Waals surface area contributed by atoms with Crippen LogP contribution in [0.2, 0.25) is 0 Å². The van der Waals surface area contributed by atoms with Crippen molar-refractivity contribution in [1.29, 1.82) is 0 Å². The maximum absolute atomic E-state index is 13.7. The van der Waals surface area contributed by atoms with Crippen molar-refractivity contribution < 1.29 is 9.32 Å². The molecule has 0 spiro atoms. The van der Waals surface area contributed by atoms with Crippen LogP contribution in [0.5, 0.6) is 0 Å². The molecule has 1 N–H and O–H groups in total. The number of hydrogen-bond donors (Lipinski definition) is 1. The van der Waals surface area contributed by atoms with Crippen molar-refractivity contribution in [1.82, 2.24) is 15.5 Å². The second-order valence-electron chi connectivity index (χ2n) is 9.67. The first-order valence-electron chi connectivity index (χ1n) is 11.0. The van der Waals surface area contributed by atoms with Crippen molar-refractivity contribution >= 4 is 27.5 Å². The lowest BCUT2D eigenvalue weighted by molar-refractivity contribution is -0.134. The third-order valence-electron chi connectivity index (χ3n) is 6.53. The van der Waals surface area contributed by atoms with Crippen LogP contribution < -0.4 is 5.43 Å². The van der Waals surface area contributed by atoms with Crippen molar-refractivity contribution in [2.45, 2.75) is 65.0 Å². The molecule has 2 aliphatic rings. The normalized spacial score (nSPS) is 26.8. The molecule has 0 saturated carbocycles. The van der Waals surface area contributed by atoms with E-state index in [1.807, 2.05) is 17.9 Å². The third-order valence-corrected chi connectivity index (χ3v) is 7.05. The van der Waals surface area contributed by atoms with Crippen LogP contribution in [0.15, 0.2) is 44.4 Å². The van der Waals surface area contributed by atoms with Gasteiger partial charge in [0.05, 0.1) is 23.0 Å². The average Bonchev–Trinajstić information content (AvgIpc) is 3.41. The fourth-order valence-electron chi connectivity index (χ4n) is 4.86. The number of rotatable bonds is 5. The van der Waals surface area contributed by atoms with Gasteiger partial charge in [-0.25, -0.2) is 0 Å². The van der Waals surface area contributed by atoms with Gasteiger partial charge in [-0.2, -0.15) is 5.10 Å². The molecule has 1 fully saturated rings. The Morgan fingerprint density at radius 1 is 1.32 bits per heavy atom. The molecular weight excluding hydrogens is 456 g/mol. The van der Waals surface area contributed by atoms with Crippen molar-refractivity contribution in [2.75, 3.05) is 6.54 Å². The third kappa shape index (κ3) is 4.29. The summed E-state index contributed by atoms with van der Waals surface area (Å²) in [5.41, 5.74) is 6.14. The molecule has 4 atom stereocenters. The summed E-state index contributed by atoms with van der Waals surface area (Å²) in [5.74, 6) is 0.984. The van der Waals surface area contributed by atoms with E-state index in [0.717, 1.165) is 35.3 Å². The number of likely N-dealkylation sites (tertiary alicyclic amines) is 1. The van der Waals surface area contributed by atoms with E-state index in [9.17, 15) is 4.79 Å². The summed E-state index contributed by atoms with van der Waals surface area (Å²) in [5, 5.41) is 8.76. The number of nitrogens with one attached hydrogen (secondary N) is 1. The van der Waals surface area contributed by atoms with Gasteiger partial charge >= 0.3 is 0 Å². The molecule has 7 heteroatoms. The SMILES string of the molecule is Cc1cc(C(C(=O)N2C[C@H](C)C[C@H]2C2=NNC(C)(c3ccc(Br)cc3)C2)C(C)C)on1. The van der Waals surface area contributed by atoms with E-state index in [4.69, 9.17) is 9.62 Å². The Labute approximate surface area is 192 Å². The van der Waals surface area contributed by atoms with Crippen LogP contribution in [-0.4, -0.2) is 34.3 Å². The molecule has 1 saturated heterocycles. The molecule has 1 aromatic heterocycles. The van der Waals surface area contributed by atoms with E-state index in [1.165, 1.54) is 5.56 Å². The molecule has 4 rings (SSSR count). The molecule has 6 nitrogen and oxygen atoms in total. The Morgan fingerprint density at radius 2 is 2.03 bits per heavy atom. The second kappa shape index (κ2) is 8.41. The largest absolute Gasteiger partial charge is 0.360 e. The van der Waals surface area contributed by atoms with Crippen molar-refractivity contribution in [2.24, 2.45) is 16.9 Å². The number of carbonyl (C=O) groups is 1. The summed E-state index contributed by atoms with van der Waals surface area (Å²) < 4.78 is 6.57. The number of hydrazone groups is 1. The first-order valence-corrected chi connectivity index (χ1v) is 11.8. The van der Waals surface area contributed by atoms with Crippen LogP contribution in [0.4, 0.5) is 0 Å². The summed E-state index contributed by atoms with van der Waals surface area (Å²) in [6, 6.07) is 10.3. The maximum atomic E-state index is 13.7. The quantitative estimate of drug-likeness (QED) is 0.646. The number of aromatic nitrogens is 1. The van der Waals surface area contributed by atoms with Crippen LogP contribution in [-0.2, 0) is 10.3 Å². The van der Waals surface area contributed by atoms with Crippen molar-refractivity contribution in [3.05, 3.63) is 51.8 Å². The fourth-order valence-corrected chi connectivity index (χ4v) is 5.13. The Bertz CT molecular complexity index is 984. The van der Waals surface area contributed by atoms with E-state index < -0.39 is 0 Å². The van der Waals surface area contributed by atoms with E-state index in [2.05, 4.69) is 78.5 Å². The summed E-state index contributed by atoms with van der Waals surface area (Å²) in [6.45, 7) is 11.1. The number of carbonyl (C=O) groups excluding carboxylic acids is 1. The molecule has 0 bridgehead atoms. The minimum absolute atomic E-state index is 0.0116. The molecule has 31 heavy (non-hydrogen) atoms. The molecule has 1 aromatic carbocycles. The molecule has 166 valence electrons. The predicted molar refractivity (Wildman–Crippen MR) is 125 cm³/mol. The number of halogens is 1. The number of hydrogen-bond acceptors (Lipinski definition) is 5. The highest BCUT2D eigenvalue weighted by atomic mass is 79.9. The van der Waals surface area contributed by atoms with Gasteiger partial charge in [0.25, 0.3) is 0 Å². The predicted octanol–water partition coefficient (Wildman–Crippen LogP) is 4.99. The average molecular weight is 487 g/mol. The number of nitrogens with zero attached hydrogens (tertiary/aromatic N) is 3. The van der Waals surface area contributed by atoms with Crippen LogP contribution in [0, 0.1) is 18.8 Å². The van der Waals surface area contributed by atoms with Crippen molar-refractivity contribution in [3.63, 3.8) is 0 Å². The maximum Gasteiger partial charge on any atom is 0.234 e. The Balaban J connectivity index is 1.57. The summed E-state index contributed by atoms with van der Waals surface area (Å²) in [7, 11) is 0. The van der Waals surface area contributed by atoms with Gasteiger partial charge in [-0.15, -0.1) is 0 Å². The Kier molecular flexibility index (Phi) is 5.99. The lowest BCUT2D eigenvalue weighted by Gasteiger charge is -2.30. The van der Waals surface area contributed by atoms with Crippen LogP contribution in [0.1, 0.15) is 63.5 Å². The van der Waals surface area contributed by atoms with Gasteiger partial charge in [0.1, 0.15) is 11.7 Å². The summed E-state index contributed by atoms with van der Waals surface area (Å²) in [6.07, 6.45) is 1.71. The molecule has 0 aliphatic carbocycles. The van der Waals surface area contributed by atoms with E-state index in [0.29, 0.717) is 11.7 Å². The molecule has 2 aliphatic heterocycles. The van der Waals surface area contributed by atoms with E-state index in [-0.39, 0.29) is 29.3 Å². The highest BCUT2D eigenvalue weighted by Gasteiger charge is 2.45. The fraction of sp³-hybridized carbons (Fsp3) is 0.542. The van der Waals surface area contributed by atoms with E-state index >= 15 is 0 Å². The zero-order valence-corrected chi connectivity index (χ0v) is 20.4. The molecular formula is C24H31BrN4O2. The smallest absolute Gasteiger partial charge is 0.234 e. The van der Waals surface area contributed by atoms with Gasteiger partial charge < -0.3 is 9.42 Å². The minimum Gasteiger partial charge on any atom is -0.360 e. The lowest BCUT2D eigenvalue weighted by Crippen LogP contribution is -2.44. The van der Waals surface area contributed by atoms with Crippen LogP contribution in [0.25, 0.3) is 0 Å². The molecule has 3 heterocycles. The van der Waals surface area contributed by atoms with Crippen LogP contribution in [0.3, 0.4) is 0 Å². The molecule has 2 unspecified atom stereocenters. The minimum atomic E-state index is -0.332. The van der Waals surface area contributed by atoms with Gasteiger partial charge in [0.15, 0.2) is 0 Å². The summed E-state index contributed by atoms with van der Waals surface area (Å²) >= 11 is 3.51. The molecule has 0 radical (unpaired) electrons. The highest BCUT2D eigenvalue weighted by Crippen LogP contribution is 2.37. The number of amides is 1. The van der Waals surface area contributed by atoms with Gasteiger partial charge in [-0.05, 0) is 49.8 Å². The first kappa shape index (κ1) is 22.1. The summed E-state index contributed by atoms with van der Waals surface area (Å²) in [4.78, 5) is 15.8. The second-order valence-corrected chi connectivity index (χ2v) is 10.6. The molecule has 1 amide bonds. The zero-order chi connectivity index (χ0) is 22.3. The molecule has 2 aromatic rings. The lowest BCUT2D eigenvalue weighted by atomic mass is 9.86. The van der Waals surface area contributed by atoms with Crippen molar-refractivity contribution in [3.8, 4) is 0 Å². The van der Waals surface area contributed by atoms with E-state index in [1.54, 1.807) is 0 Å². The monoisotopic (exact) mass is 486 g/mol. The zero-order valence-electron chi connectivity index (χ0n) is 18.9. The number of aryl methyl sites for hydroxylation is 1. The van der Waals surface area contributed by atoms with Gasteiger partial charge in [0, 0.05) is 23.5 Å². The topological polar surface area (TPSA) is 70.7 Å². The Morgan fingerprint density at radius 3 is 2.65 bits per heavy atom.